The van der Waals surface area contributed by atoms with Crippen LogP contribution in [0.3, 0.4) is 0 Å². The summed E-state index contributed by atoms with van der Waals surface area (Å²) in [6.45, 7) is 7.11. The molecule has 208 valence electrons. The number of benzene rings is 1. The van der Waals surface area contributed by atoms with Gasteiger partial charge in [-0.3, -0.25) is 0 Å². The van der Waals surface area contributed by atoms with Gasteiger partial charge in [0.15, 0.2) is 0 Å². The molecule has 0 aliphatic rings. The van der Waals surface area contributed by atoms with Crippen LogP contribution in [0, 0.1) is 0 Å². The molecule has 0 unspecified atom stereocenters. The van der Waals surface area contributed by atoms with Crippen LogP contribution in [0.2, 0.25) is 22.2 Å². The van der Waals surface area contributed by atoms with Crippen molar-refractivity contribution in [1.29, 1.82) is 0 Å². The van der Waals surface area contributed by atoms with Gasteiger partial charge in [0.2, 0.25) is 0 Å². The Morgan fingerprint density at radius 3 is 1.64 bits per heavy atom. The second-order valence-corrected chi connectivity index (χ2v) is 27.7. The average molecular weight is 721 g/mol. The van der Waals surface area contributed by atoms with E-state index in [2.05, 4.69) is 45.0 Å². The third-order valence-electron chi connectivity index (χ3n) is 7.78. The summed E-state index contributed by atoms with van der Waals surface area (Å²) in [6.07, 6.45) is 21.8. The van der Waals surface area contributed by atoms with E-state index in [4.69, 9.17) is 5.11 Å². The Balaban J connectivity index is 2.26. The molecule has 0 aromatic heterocycles. The number of hydrogen-bond acceptors (Lipinski definition) is 1. The molecule has 0 radical (unpaired) electrons. The molecule has 0 spiro atoms. The summed E-state index contributed by atoms with van der Waals surface area (Å²) in [5.74, 6) is -0.639. The molecule has 0 bridgehead atoms. The molecule has 1 aromatic carbocycles. The Morgan fingerprint density at radius 1 is 0.667 bits per heavy atom. The van der Waals surface area contributed by atoms with Crippen LogP contribution in [-0.2, 0) is 11.2 Å². The predicted molar refractivity (Wildman–Crippen MR) is 164 cm³/mol. The fourth-order valence-electron chi connectivity index (χ4n) is 5.38. The van der Waals surface area contributed by atoms with Crippen molar-refractivity contribution in [3.8, 4) is 0 Å². The summed E-state index contributed by atoms with van der Waals surface area (Å²) in [5.41, 5.74) is 1.56. The molecule has 4 heteroatoms. The standard InChI is InChI=1S/C20H31O2Te.3C4H9.Sn/c21-20(22)16-10-12-18-23-17-11-5-3-1-2-4-7-13-19-14-8-6-9-15-19;3*1-3-4-2;/h8-9,14-15H,1-5,7,10-13,16-18H2,(H,21,22);3*1,3-4H2,2H3;. The molecule has 0 amide bonds. The van der Waals surface area contributed by atoms with Crippen LogP contribution >= 0.6 is 0 Å². The molecule has 2 nitrogen and oxygen atoms in total. The summed E-state index contributed by atoms with van der Waals surface area (Å²) in [7, 11) is 0. The van der Waals surface area contributed by atoms with Crippen molar-refractivity contribution in [3.63, 3.8) is 0 Å². The van der Waals surface area contributed by atoms with E-state index < -0.39 is 24.3 Å². The summed E-state index contributed by atoms with van der Waals surface area (Å²) in [4.78, 5) is 10.5. The fourth-order valence-corrected chi connectivity index (χ4v) is 24.2. The maximum absolute atomic E-state index is 10.5. The van der Waals surface area contributed by atoms with Gasteiger partial charge in [0, 0.05) is 0 Å². The average Bonchev–Trinajstić information content (AvgIpc) is 2.89. The first kappa shape index (κ1) is 34.3. The molecule has 0 aliphatic carbocycles. The van der Waals surface area contributed by atoms with Crippen LogP contribution in [0.5, 0.6) is 0 Å². The minimum absolute atomic E-state index is 0.151. The minimum atomic E-state index is -2.25. The first-order chi connectivity index (χ1) is 17.6. The van der Waals surface area contributed by atoms with Gasteiger partial charge in [-0.25, -0.2) is 0 Å². The first-order valence-corrected chi connectivity index (χ1v) is 26.2. The van der Waals surface area contributed by atoms with Crippen molar-refractivity contribution in [3.05, 3.63) is 29.8 Å². The zero-order chi connectivity index (χ0) is 26.3. The topological polar surface area (TPSA) is 37.3 Å². The second kappa shape index (κ2) is 23.2. The van der Waals surface area contributed by atoms with Crippen molar-refractivity contribution < 1.29 is 9.90 Å². The Kier molecular flexibility index (Phi) is 22.1. The van der Waals surface area contributed by atoms with Crippen LogP contribution < -0.4 is 3.58 Å². The van der Waals surface area contributed by atoms with E-state index in [1.165, 1.54) is 98.8 Å². The Morgan fingerprint density at radius 2 is 1.14 bits per heavy atom. The third-order valence-corrected chi connectivity index (χ3v) is 26.7. The van der Waals surface area contributed by atoms with E-state index in [0.29, 0.717) is 6.42 Å². The summed E-state index contributed by atoms with van der Waals surface area (Å²) >= 11 is -2.10. The van der Waals surface area contributed by atoms with Gasteiger partial charge in [0.05, 0.1) is 0 Å². The number of carboxylic acid groups (broad SMARTS) is 1. The monoisotopic (exact) mass is 724 g/mol. The number of unbranched alkanes of at least 4 members (excludes halogenated alkanes) is 10. The van der Waals surface area contributed by atoms with E-state index >= 15 is 0 Å². The number of carboxylic acids is 1. The maximum atomic E-state index is 10.5. The van der Waals surface area contributed by atoms with Crippen LogP contribution in [0.1, 0.15) is 129 Å². The van der Waals surface area contributed by atoms with Crippen molar-refractivity contribution in [1.82, 2.24) is 0 Å². The zero-order valence-corrected chi connectivity index (χ0v) is 29.3. The van der Waals surface area contributed by atoms with E-state index in [1.807, 2.05) is 3.58 Å². The normalized spacial score (nSPS) is 11.8. The molecule has 0 saturated heterocycles. The molecule has 1 N–H and O–H groups in total. The van der Waals surface area contributed by atoms with Crippen LogP contribution in [0.25, 0.3) is 0 Å². The molecule has 0 saturated carbocycles. The van der Waals surface area contributed by atoms with Gasteiger partial charge in [-0.2, -0.15) is 0 Å². The molecule has 0 heterocycles. The third kappa shape index (κ3) is 16.3. The number of carbonyl (C=O) groups is 1. The second-order valence-electron chi connectivity index (χ2n) is 11.0. The number of aryl methyl sites for hydroxylation is 1. The van der Waals surface area contributed by atoms with Crippen molar-refractivity contribution >= 4 is 48.8 Å². The van der Waals surface area contributed by atoms with Gasteiger partial charge in [-0.05, 0) is 0 Å². The molecule has 36 heavy (non-hydrogen) atoms. The van der Waals surface area contributed by atoms with Gasteiger partial charge in [-0.15, -0.1) is 0 Å². The molecular formula is C32H58O2SnTe. The SMILES string of the molecule is CCC[CH2][Sn]([CH2]CCC)([CH2]CCC)[c]1ccc(CCCCCCCCC[Te]CCCCC(=O)O)cc1. The first-order valence-electron chi connectivity index (χ1n) is 15.5. The van der Waals surface area contributed by atoms with Crippen LogP contribution in [-0.4, -0.2) is 50.4 Å². The van der Waals surface area contributed by atoms with Crippen molar-refractivity contribution in [2.75, 3.05) is 0 Å². The zero-order valence-electron chi connectivity index (χ0n) is 24.1. The molecular weight excluding hydrogens is 663 g/mol. The molecule has 0 atom stereocenters. The van der Waals surface area contributed by atoms with Crippen molar-refractivity contribution in [2.24, 2.45) is 0 Å². The quantitative estimate of drug-likeness (QED) is 0.0807. The summed E-state index contributed by atoms with van der Waals surface area (Å²) < 4.78 is 9.32. The number of aliphatic carboxylic acids is 1. The van der Waals surface area contributed by atoms with Gasteiger partial charge in [-0.1, -0.05) is 0 Å². The van der Waals surface area contributed by atoms with E-state index in [1.54, 1.807) is 18.9 Å². The van der Waals surface area contributed by atoms with Crippen molar-refractivity contribution in [2.45, 2.75) is 152 Å². The predicted octanol–water partition coefficient (Wildman–Crippen LogP) is 9.81. The van der Waals surface area contributed by atoms with Gasteiger partial charge < -0.3 is 0 Å². The summed E-state index contributed by atoms with van der Waals surface area (Å²) in [6, 6.07) is 10.2. The molecule has 1 aromatic rings. The molecule has 1 rings (SSSR count). The molecule has 0 fully saturated rings. The van der Waals surface area contributed by atoms with Gasteiger partial charge >= 0.3 is 241 Å². The fraction of sp³-hybridized carbons (Fsp3) is 0.781. The number of rotatable bonds is 25. The van der Waals surface area contributed by atoms with Gasteiger partial charge in [0.1, 0.15) is 0 Å². The Labute approximate surface area is 239 Å². The van der Waals surface area contributed by atoms with E-state index in [-0.39, 0.29) is 20.9 Å². The van der Waals surface area contributed by atoms with Crippen LogP contribution in [0.4, 0.5) is 0 Å². The van der Waals surface area contributed by atoms with E-state index in [9.17, 15) is 4.79 Å². The number of hydrogen-bond donors (Lipinski definition) is 1. The van der Waals surface area contributed by atoms with Gasteiger partial charge in [0.25, 0.3) is 0 Å². The Hall–Kier alpha value is 0.278. The van der Waals surface area contributed by atoms with Crippen LogP contribution in [0.15, 0.2) is 24.3 Å². The summed E-state index contributed by atoms with van der Waals surface area (Å²) in [5, 5.41) is 8.67. The molecule has 0 aliphatic heterocycles. The Bertz CT molecular complexity index is 624. The van der Waals surface area contributed by atoms with E-state index in [0.717, 1.165) is 12.8 Å².